The zero-order valence-corrected chi connectivity index (χ0v) is 9.28. The Kier molecular flexibility index (Phi) is 3.53. The quantitative estimate of drug-likeness (QED) is 0.511. The summed E-state index contributed by atoms with van der Waals surface area (Å²) in [5.74, 6) is -0.898. The Morgan fingerprint density at radius 2 is 2.31 bits per heavy atom. The summed E-state index contributed by atoms with van der Waals surface area (Å²) in [4.78, 5) is 10.6. The summed E-state index contributed by atoms with van der Waals surface area (Å²) in [7, 11) is 0. The van der Waals surface area contributed by atoms with Crippen LogP contribution in [0.1, 0.15) is 17.3 Å². The molecule has 0 aliphatic rings. The van der Waals surface area contributed by atoms with Crippen LogP contribution in [0.3, 0.4) is 0 Å². The lowest BCUT2D eigenvalue weighted by atomic mass is 10.2. The van der Waals surface area contributed by atoms with E-state index in [1.165, 1.54) is 0 Å². The highest BCUT2D eigenvalue weighted by Crippen LogP contribution is 2.13. The van der Waals surface area contributed by atoms with Crippen LogP contribution in [-0.4, -0.2) is 15.1 Å². The average Bonchev–Trinajstić information content (AvgIpc) is 2.03. The van der Waals surface area contributed by atoms with Crippen LogP contribution in [-0.2, 0) is 0 Å². The Morgan fingerprint density at radius 3 is 2.85 bits per heavy atom. The number of halogens is 1. The van der Waals surface area contributed by atoms with E-state index in [0.29, 0.717) is 5.56 Å². The molecule has 0 saturated carbocycles. The summed E-state index contributed by atoms with van der Waals surface area (Å²) >= 11 is 2.22. The summed E-state index contributed by atoms with van der Waals surface area (Å²) in [6, 6.07) is 6.77. The highest BCUT2D eigenvalue weighted by molar-refractivity contribution is 14.1. The summed E-state index contributed by atoms with van der Waals surface area (Å²) in [5.41, 5.74) is 1.14. The molecule has 0 amide bonds. The van der Waals surface area contributed by atoms with E-state index in [-0.39, 0.29) is 4.05 Å². The molecule has 13 heavy (non-hydrogen) atoms. The van der Waals surface area contributed by atoms with Crippen molar-refractivity contribution < 1.29 is 9.90 Å². The third-order valence-corrected chi connectivity index (χ3v) is 1.79. The molecular weight excluding hydrogens is 281 g/mol. The molecule has 0 heterocycles. The van der Waals surface area contributed by atoms with Crippen molar-refractivity contribution in [1.29, 1.82) is 0 Å². The molecule has 1 rings (SSSR count). The van der Waals surface area contributed by atoms with Gasteiger partial charge in [-0.15, -0.1) is 0 Å². The Labute approximate surface area is 90.3 Å². The molecule has 70 valence electrons. The lowest BCUT2D eigenvalue weighted by Crippen LogP contribution is -2.06. The molecule has 1 aromatic rings. The van der Waals surface area contributed by atoms with E-state index in [2.05, 4.69) is 27.9 Å². The lowest BCUT2D eigenvalue weighted by Gasteiger charge is -2.08. The van der Waals surface area contributed by atoms with Gasteiger partial charge in [-0.05, 0) is 25.1 Å². The second kappa shape index (κ2) is 4.45. The number of alkyl halides is 1. The molecule has 0 aromatic heterocycles. The van der Waals surface area contributed by atoms with Crippen LogP contribution in [0.4, 0.5) is 5.69 Å². The molecule has 0 fully saturated rings. The predicted octanol–water partition coefficient (Wildman–Crippen LogP) is 2.58. The van der Waals surface area contributed by atoms with Crippen LogP contribution in [0, 0.1) is 0 Å². The van der Waals surface area contributed by atoms with Crippen LogP contribution in [0.5, 0.6) is 0 Å². The van der Waals surface area contributed by atoms with Crippen molar-refractivity contribution in [2.45, 2.75) is 11.0 Å². The first-order chi connectivity index (χ1) is 6.09. The number of nitrogens with one attached hydrogen (secondary N) is 1. The minimum absolute atomic E-state index is 0.279. The van der Waals surface area contributed by atoms with Gasteiger partial charge in [-0.1, -0.05) is 28.7 Å². The summed E-state index contributed by atoms with van der Waals surface area (Å²) in [6.45, 7) is 1.99. The summed E-state index contributed by atoms with van der Waals surface area (Å²) < 4.78 is 0.279. The fourth-order valence-corrected chi connectivity index (χ4v) is 1.33. The Balaban J connectivity index is 2.85. The molecule has 1 unspecified atom stereocenters. The number of hydrogen-bond acceptors (Lipinski definition) is 2. The van der Waals surface area contributed by atoms with Crippen LogP contribution < -0.4 is 5.32 Å². The van der Waals surface area contributed by atoms with Gasteiger partial charge in [-0.2, -0.15) is 0 Å². The topological polar surface area (TPSA) is 49.3 Å². The number of rotatable bonds is 3. The van der Waals surface area contributed by atoms with Gasteiger partial charge in [0.15, 0.2) is 0 Å². The van der Waals surface area contributed by atoms with Crippen LogP contribution in [0.25, 0.3) is 0 Å². The van der Waals surface area contributed by atoms with Gasteiger partial charge in [0.1, 0.15) is 0 Å². The SMILES string of the molecule is CC(I)Nc1cccc(C(=O)O)c1. The van der Waals surface area contributed by atoms with Crippen LogP contribution in [0.15, 0.2) is 24.3 Å². The fourth-order valence-electron chi connectivity index (χ4n) is 0.972. The van der Waals surface area contributed by atoms with E-state index in [4.69, 9.17) is 5.11 Å². The van der Waals surface area contributed by atoms with Gasteiger partial charge in [0.25, 0.3) is 0 Å². The van der Waals surface area contributed by atoms with Crippen molar-refractivity contribution in [2.24, 2.45) is 0 Å². The van der Waals surface area contributed by atoms with Gasteiger partial charge in [-0.25, -0.2) is 4.79 Å². The van der Waals surface area contributed by atoms with E-state index < -0.39 is 5.97 Å². The molecule has 1 atom stereocenters. The maximum absolute atomic E-state index is 10.6. The van der Waals surface area contributed by atoms with Crippen molar-refractivity contribution in [3.8, 4) is 0 Å². The average molecular weight is 291 g/mol. The number of benzene rings is 1. The van der Waals surface area contributed by atoms with Gasteiger partial charge in [0.2, 0.25) is 0 Å². The zero-order chi connectivity index (χ0) is 9.84. The Bertz CT molecular complexity index is 312. The standard InChI is InChI=1S/C9H10INO2/c1-6(10)11-8-4-2-3-7(5-8)9(12)13/h2-6,11H,1H3,(H,12,13). The van der Waals surface area contributed by atoms with Gasteiger partial charge < -0.3 is 10.4 Å². The highest BCUT2D eigenvalue weighted by atomic mass is 127. The largest absolute Gasteiger partial charge is 0.478 e. The Morgan fingerprint density at radius 1 is 1.62 bits per heavy atom. The molecule has 0 aliphatic carbocycles. The van der Waals surface area contributed by atoms with E-state index >= 15 is 0 Å². The van der Waals surface area contributed by atoms with E-state index in [0.717, 1.165) is 5.69 Å². The number of carbonyl (C=O) groups is 1. The molecule has 0 aliphatic heterocycles. The Hall–Kier alpha value is -0.780. The van der Waals surface area contributed by atoms with Crippen molar-refractivity contribution >= 4 is 34.2 Å². The van der Waals surface area contributed by atoms with Crippen LogP contribution >= 0.6 is 22.6 Å². The molecular formula is C9H10INO2. The molecule has 1 aromatic carbocycles. The minimum atomic E-state index is -0.898. The first kappa shape index (κ1) is 10.3. The third kappa shape index (κ3) is 3.22. The second-order valence-electron chi connectivity index (χ2n) is 2.65. The van der Waals surface area contributed by atoms with E-state index in [9.17, 15) is 4.79 Å². The molecule has 0 spiro atoms. The molecule has 0 radical (unpaired) electrons. The molecule has 4 heteroatoms. The van der Waals surface area contributed by atoms with Crippen molar-refractivity contribution in [3.05, 3.63) is 29.8 Å². The van der Waals surface area contributed by atoms with E-state index in [1.807, 2.05) is 13.0 Å². The van der Waals surface area contributed by atoms with Gasteiger partial charge in [-0.3, -0.25) is 0 Å². The first-order valence-corrected chi connectivity index (χ1v) is 5.08. The van der Waals surface area contributed by atoms with Gasteiger partial charge in [0.05, 0.1) is 9.61 Å². The summed E-state index contributed by atoms with van der Waals surface area (Å²) in [5, 5.41) is 11.8. The second-order valence-corrected chi connectivity index (χ2v) is 4.51. The smallest absolute Gasteiger partial charge is 0.335 e. The molecule has 2 N–H and O–H groups in total. The van der Waals surface area contributed by atoms with E-state index in [1.54, 1.807) is 18.2 Å². The highest BCUT2D eigenvalue weighted by Gasteiger charge is 2.03. The maximum atomic E-state index is 10.6. The molecule has 3 nitrogen and oxygen atoms in total. The molecule has 0 bridgehead atoms. The van der Waals surface area contributed by atoms with Crippen molar-refractivity contribution in [2.75, 3.05) is 5.32 Å². The summed E-state index contributed by atoms with van der Waals surface area (Å²) in [6.07, 6.45) is 0. The third-order valence-electron chi connectivity index (χ3n) is 1.48. The van der Waals surface area contributed by atoms with Crippen LogP contribution in [0.2, 0.25) is 0 Å². The lowest BCUT2D eigenvalue weighted by molar-refractivity contribution is 0.0697. The van der Waals surface area contributed by atoms with Gasteiger partial charge in [0, 0.05) is 5.69 Å². The monoisotopic (exact) mass is 291 g/mol. The number of carboxylic acids is 1. The minimum Gasteiger partial charge on any atom is -0.478 e. The first-order valence-electron chi connectivity index (χ1n) is 3.83. The van der Waals surface area contributed by atoms with Crippen molar-refractivity contribution in [3.63, 3.8) is 0 Å². The zero-order valence-electron chi connectivity index (χ0n) is 7.12. The van der Waals surface area contributed by atoms with Gasteiger partial charge >= 0.3 is 5.97 Å². The number of anilines is 1. The number of carboxylic acid groups (broad SMARTS) is 1. The number of hydrogen-bond donors (Lipinski definition) is 2. The predicted molar refractivity (Wildman–Crippen MR) is 60.5 cm³/mol. The maximum Gasteiger partial charge on any atom is 0.335 e. The fraction of sp³-hybridized carbons (Fsp3) is 0.222. The molecule has 0 saturated heterocycles. The number of aromatic carboxylic acids is 1. The van der Waals surface area contributed by atoms with Crippen molar-refractivity contribution in [1.82, 2.24) is 0 Å². The normalized spacial score (nSPS) is 12.2.